The van der Waals surface area contributed by atoms with Gasteiger partial charge in [0.25, 0.3) is 0 Å². The zero-order valence-corrected chi connectivity index (χ0v) is 42.1. The minimum Gasteiger partial charge on any atom is -0.497 e. The maximum Gasteiger partial charge on any atom is 0.119 e. The molecule has 12 rings (SSSR count). The number of benzene rings is 8. The van der Waals surface area contributed by atoms with Crippen LogP contribution in [0.2, 0.25) is 0 Å². The van der Waals surface area contributed by atoms with Gasteiger partial charge in [-0.3, -0.25) is 0 Å². The highest BCUT2D eigenvalue weighted by Gasteiger charge is 2.54. The zero-order valence-electron chi connectivity index (χ0n) is 42.1. The van der Waals surface area contributed by atoms with E-state index in [9.17, 15) is 0 Å². The lowest BCUT2D eigenvalue weighted by atomic mass is 9.79. The van der Waals surface area contributed by atoms with Gasteiger partial charge in [-0.1, -0.05) is 72.8 Å². The SMILES string of the molecule is COc1ccc([C@@H]2c3ccc(OC)cc3[C@H]3[C@H](c4ccc(OC)cc4)c4ccc(OC)cc4[C@@H]23)cc1.COc1ccc([C@@H]2c3ccc(OC)cc3[C@H]3[C@H](c4ccc(OC)cc4)c4ccc(OC)cc4[C@@H]23)cc1. The van der Waals surface area contributed by atoms with Gasteiger partial charge in [0.05, 0.1) is 56.9 Å². The van der Waals surface area contributed by atoms with Crippen molar-refractivity contribution in [2.45, 2.75) is 47.3 Å². The van der Waals surface area contributed by atoms with Crippen LogP contribution in [-0.4, -0.2) is 56.9 Å². The molecular weight excluding hydrogens is 897 g/mol. The Balaban J connectivity index is 0.000000156. The molecule has 0 N–H and O–H groups in total. The van der Waals surface area contributed by atoms with Crippen LogP contribution in [0.1, 0.15) is 114 Å². The standard InChI is InChI=1S/2C32H30O4/c2*1-33-21-9-5-19(6-10-21)29-25-15-13-23(35-3)17-27(25)32-30(20-7-11-22(34-2)12-8-20)26-16-14-24(36-4)18-28(26)31(29)32/h2*5-18,29-32H,1-4H3/t2*29-,30-,31+,32+/m11/s1. The highest BCUT2D eigenvalue weighted by molar-refractivity contribution is 5.65. The molecule has 0 heterocycles. The van der Waals surface area contributed by atoms with Crippen LogP contribution >= 0.6 is 0 Å². The van der Waals surface area contributed by atoms with E-state index in [1.807, 2.05) is 0 Å². The summed E-state index contributed by atoms with van der Waals surface area (Å²) in [6, 6.07) is 60.5. The second-order valence-electron chi connectivity index (χ2n) is 19.1. The van der Waals surface area contributed by atoms with Gasteiger partial charge in [-0.25, -0.2) is 0 Å². The van der Waals surface area contributed by atoms with Crippen LogP contribution in [0.15, 0.2) is 170 Å². The van der Waals surface area contributed by atoms with Gasteiger partial charge in [-0.15, -0.1) is 0 Å². The molecule has 8 atom stereocenters. The number of hydrogen-bond donors (Lipinski definition) is 0. The molecule has 8 aromatic rings. The second-order valence-corrected chi connectivity index (χ2v) is 19.1. The van der Waals surface area contributed by atoms with Gasteiger partial charge in [0, 0.05) is 47.3 Å². The number of fused-ring (bicyclic) bond motifs is 10. The summed E-state index contributed by atoms with van der Waals surface area (Å²) in [4.78, 5) is 0. The van der Waals surface area contributed by atoms with Crippen LogP contribution in [0.4, 0.5) is 0 Å². The molecule has 8 nitrogen and oxygen atoms in total. The Bertz CT molecular complexity index is 2780. The Labute approximate surface area is 423 Å². The zero-order chi connectivity index (χ0) is 49.6. The van der Waals surface area contributed by atoms with Crippen LogP contribution in [0.25, 0.3) is 0 Å². The topological polar surface area (TPSA) is 73.8 Å². The third-order valence-electron chi connectivity index (χ3n) is 16.1. The molecule has 0 saturated heterocycles. The van der Waals surface area contributed by atoms with Gasteiger partial charge in [0.15, 0.2) is 0 Å². The average Bonchev–Trinajstić information content (AvgIpc) is 4.17. The van der Waals surface area contributed by atoms with Crippen molar-refractivity contribution in [2.24, 2.45) is 0 Å². The first kappa shape index (κ1) is 46.5. The summed E-state index contributed by atoms with van der Waals surface area (Å²) in [5.41, 5.74) is 16.0. The van der Waals surface area contributed by atoms with Crippen LogP contribution < -0.4 is 37.9 Å². The predicted molar refractivity (Wildman–Crippen MR) is 282 cm³/mol. The largest absolute Gasteiger partial charge is 0.497 e. The maximum absolute atomic E-state index is 5.69. The third-order valence-corrected chi connectivity index (χ3v) is 16.1. The van der Waals surface area contributed by atoms with Crippen LogP contribution in [0.3, 0.4) is 0 Å². The van der Waals surface area contributed by atoms with E-state index in [0.717, 1.165) is 46.0 Å². The lowest BCUT2D eigenvalue weighted by molar-refractivity contribution is 0.413. The van der Waals surface area contributed by atoms with E-state index in [0.29, 0.717) is 0 Å². The summed E-state index contributed by atoms with van der Waals surface area (Å²) in [5, 5.41) is 0. The monoisotopic (exact) mass is 956 g/mol. The molecule has 0 spiro atoms. The maximum atomic E-state index is 5.69. The molecule has 4 aliphatic carbocycles. The molecule has 0 fully saturated rings. The van der Waals surface area contributed by atoms with Crippen LogP contribution in [-0.2, 0) is 0 Å². The highest BCUT2D eigenvalue weighted by Crippen LogP contribution is 2.68. The predicted octanol–water partition coefficient (Wildman–Crippen LogP) is 13.8. The first-order valence-electron chi connectivity index (χ1n) is 24.6. The van der Waals surface area contributed by atoms with Crippen molar-refractivity contribution in [3.05, 3.63) is 237 Å². The highest BCUT2D eigenvalue weighted by atomic mass is 16.5. The quantitative estimate of drug-likeness (QED) is 0.120. The molecule has 364 valence electrons. The molecule has 8 aromatic carbocycles. The minimum atomic E-state index is 0.218. The van der Waals surface area contributed by atoms with Gasteiger partial charge >= 0.3 is 0 Å². The average molecular weight is 957 g/mol. The Kier molecular flexibility index (Phi) is 12.5. The molecule has 8 heteroatoms. The summed E-state index contributed by atoms with van der Waals surface area (Å²) >= 11 is 0. The fourth-order valence-electron chi connectivity index (χ4n) is 12.9. The van der Waals surface area contributed by atoms with E-state index in [-0.39, 0.29) is 47.3 Å². The van der Waals surface area contributed by atoms with Crippen molar-refractivity contribution in [1.29, 1.82) is 0 Å². The molecule has 0 bridgehead atoms. The van der Waals surface area contributed by atoms with E-state index in [1.54, 1.807) is 56.9 Å². The van der Waals surface area contributed by atoms with Gasteiger partial charge in [-0.05, 0) is 164 Å². The van der Waals surface area contributed by atoms with E-state index in [1.165, 1.54) is 66.8 Å². The number of methoxy groups -OCH3 is 8. The van der Waals surface area contributed by atoms with Crippen LogP contribution in [0, 0.1) is 0 Å². The Morgan fingerprint density at radius 3 is 0.528 bits per heavy atom. The van der Waals surface area contributed by atoms with Crippen molar-refractivity contribution in [3.63, 3.8) is 0 Å². The van der Waals surface area contributed by atoms with Crippen LogP contribution in [0.5, 0.6) is 46.0 Å². The van der Waals surface area contributed by atoms with E-state index >= 15 is 0 Å². The molecular formula is C64H60O8. The summed E-state index contributed by atoms with van der Waals surface area (Å²) < 4.78 is 44.6. The molecule has 0 radical (unpaired) electrons. The lowest BCUT2D eigenvalue weighted by Crippen LogP contribution is -2.10. The minimum absolute atomic E-state index is 0.218. The molecule has 0 aliphatic heterocycles. The fourth-order valence-corrected chi connectivity index (χ4v) is 12.9. The number of rotatable bonds is 12. The van der Waals surface area contributed by atoms with Gasteiger partial charge in [0.1, 0.15) is 46.0 Å². The van der Waals surface area contributed by atoms with E-state index < -0.39 is 0 Å². The van der Waals surface area contributed by atoms with Gasteiger partial charge in [0.2, 0.25) is 0 Å². The molecule has 0 aromatic heterocycles. The summed E-state index contributed by atoms with van der Waals surface area (Å²) in [5.74, 6) is 9.02. The third kappa shape index (κ3) is 7.84. The van der Waals surface area contributed by atoms with Gasteiger partial charge < -0.3 is 37.9 Å². The second kappa shape index (κ2) is 19.4. The molecule has 4 aliphatic rings. The number of hydrogen-bond acceptors (Lipinski definition) is 8. The summed E-state index contributed by atoms with van der Waals surface area (Å²) in [6.07, 6.45) is 0. The molecule has 0 unspecified atom stereocenters. The smallest absolute Gasteiger partial charge is 0.119 e. The Morgan fingerprint density at radius 2 is 0.361 bits per heavy atom. The van der Waals surface area contributed by atoms with Crippen molar-refractivity contribution in [2.75, 3.05) is 56.9 Å². The molecule has 0 amide bonds. The first-order valence-corrected chi connectivity index (χ1v) is 24.6. The fraction of sp³-hybridized carbons (Fsp3) is 0.250. The Morgan fingerprint density at radius 1 is 0.194 bits per heavy atom. The van der Waals surface area contributed by atoms with Crippen molar-refractivity contribution in [3.8, 4) is 46.0 Å². The van der Waals surface area contributed by atoms with Crippen molar-refractivity contribution < 1.29 is 37.9 Å². The first-order chi connectivity index (χ1) is 35.3. The van der Waals surface area contributed by atoms with E-state index in [2.05, 4.69) is 170 Å². The lowest BCUT2D eigenvalue weighted by Gasteiger charge is -2.24. The van der Waals surface area contributed by atoms with Crippen molar-refractivity contribution in [1.82, 2.24) is 0 Å². The molecule has 0 saturated carbocycles. The normalized spacial score (nSPS) is 21.3. The van der Waals surface area contributed by atoms with E-state index in [4.69, 9.17) is 37.9 Å². The number of ether oxygens (including phenoxy) is 8. The summed E-state index contributed by atoms with van der Waals surface area (Å²) in [6.45, 7) is 0. The summed E-state index contributed by atoms with van der Waals surface area (Å²) in [7, 11) is 13.8. The molecule has 72 heavy (non-hydrogen) atoms. The van der Waals surface area contributed by atoms with Gasteiger partial charge in [-0.2, -0.15) is 0 Å². The Hall–Kier alpha value is -7.84. The van der Waals surface area contributed by atoms with Crippen molar-refractivity contribution >= 4 is 0 Å².